The van der Waals surface area contributed by atoms with Gasteiger partial charge in [-0.2, -0.15) is 0 Å². The Balaban J connectivity index is 2.43. The molecule has 0 aromatic carbocycles. The van der Waals surface area contributed by atoms with Crippen molar-refractivity contribution in [1.82, 2.24) is 0 Å². The van der Waals surface area contributed by atoms with Gasteiger partial charge in [0.2, 0.25) is 0 Å². The molecule has 0 N–H and O–H groups in total. The molecular weight excluding hydrogens is 291 g/mol. The van der Waals surface area contributed by atoms with Gasteiger partial charge in [0, 0.05) is 6.61 Å². The van der Waals surface area contributed by atoms with Gasteiger partial charge in [-0.05, 0) is 39.2 Å². The predicted molar refractivity (Wildman–Crippen MR) is 66.8 cm³/mol. The van der Waals surface area contributed by atoms with Crippen LogP contribution in [0.25, 0.3) is 0 Å². The number of halogens is 1. The smallest absolute Gasteiger partial charge is 0.167 e. The molecule has 0 radical (unpaired) electrons. The summed E-state index contributed by atoms with van der Waals surface area (Å²) in [6, 6.07) is 0. The van der Waals surface area contributed by atoms with Gasteiger partial charge in [-0.1, -0.05) is 28.2 Å². The molecule has 2 nitrogen and oxygen atoms in total. The minimum atomic E-state index is -0.0357. The number of ether oxygens (including phenoxy) is 2. The summed E-state index contributed by atoms with van der Waals surface area (Å²) in [7, 11) is 0. The van der Waals surface area contributed by atoms with Gasteiger partial charge in [0.15, 0.2) is 6.29 Å². The molecule has 0 bridgehead atoms. The van der Waals surface area contributed by atoms with Crippen molar-refractivity contribution in [3.05, 3.63) is 11.1 Å². The fourth-order valence-corrected chi connectivity index (χ4v) is 2.16. The topological polar surface area (TPSA) is 18.5 Å². The Labute approximate surface area is 100 Å². The highest BCUT2D eigenvalue weighted by Gasteiger charge is 2.23. The van der Waals surface area contributed by atoms with E-state index in [2.05, 4.69) is 36.4 Å². The van der Waals surface area contributed by atoms with Crippen LogP contribution in [0, 0.1) is 0 Å². The van der Waals surface area contributed by atoms with Crippen molar-refractivity contribution in [2.45, 2.75) is 46.0 Å². The molecular formula is C11H19IO2. The van der Waals surface area contributed by atoms with Crippen LogP contribution in [0.5, 0.6) is 0 Å². The molecule has 1 aliphatic carbocycles. The van der Waals surface area contributed by atoms with Crippen LogP contribution < -0.4 is 0 Å². The molecule has 0 saturated carbocycles. The van der Waals surface area contributed by atoms with Gasteiger partial charge in [0.1, 0.15) is 0 Å². The van der Waals surface area contributed by atoms with Gasteiger partial charge in [-0.25, -0.2) is 0 Å². The first-order valence-corrected chi connectivity index (χ1v) is 6.70. The first kappa shape index (κ1) is 12.5. The second kappa shape index (κ2) is 6.08. The van der Waals surface area contributed by atoms with E-state index in [9.17, 15) is 0 Å². The Kier molecular flexibility index (Phi) is 5.41. The molecule has 0 saturated heterocycles. The van der Waals surface area contributed by atoms with Gasteiger partial charge in [-0.3, -0.25) is 0 Å². The second-order valence-electron chi connectivity index (χ2n) is 3.67. The Morgan fingerprint density at radius 3 is 2.64 bits per heavy atom. The largest absolute Gasteiger partial charge is 0.352 e. The first-order chi connectivity index (χ1) is 6.69. The normalized spacial score (nSPS) is 24.4. The summed E-state index contributed by atoms with van der Waals surface area (Å²) in [5, 5.41) is 0. The zero-order valence-electron chi connectivity index (χ0n) is 9.18. The number of allylic oxidation sites excluding steroid dienone is 1. The van der Waals surface area contributed by atoms with E-state index in [-0.39, 0.29) is 6.29 Å². The fourth-order valence-electron chi connectivity index (χ4n) is 1.70. The summed E-state index contributed by atoms with van der Waals surface area (Å²) in [6.07, 6.45) is 2.56. The molecule has 0 heterocycles. The van der Waals surface area contributed by atoms with E-state index < -0.39 is 0 Å². The van der Waals surface area contributed by atoms with Crippen molar-refractivity contribution >= 4 is 22.6 Å². The SMILES string of the molecule is CCOC(CI)OC1CCC(C)=C1C. The van der Waals surface area contributed by atoms with E-state index in [1.807, 2.05) is 6.92 Å². The molecule has 0 fully saturated rings. The molecule has 82 valence electrons. The van der Waals surface area contributed by atoms with E-state index in [1.54, 1.807) is 0 Å². The zero-order valence-corrected chi connectivity index (χ0v) is 11.3. The lowest BCUT2D eigenvalue weighted by Gasteiger charge is -2.21. The van der Waals surface area contributed by atoms with Crippen molar-refractivity contribution < 1.29 is 9.47 Å². The summed E-state index contributed by atoms with van der Waals surface area (Å²) in [6.45, 7) is 7.09. The molecule has 0 aromatic rings. The molecule has 0 aliphatic heterocycles. The maximum absolute atomic E-state index is 5.90. The lowest BCUT2D eigenvalue weighted by atomic mass is 10.2. The van der Waals surface area contributed by atoms with Gasteiger partial charge >= 0.3 is 0 Å². The highest BCUT2D eigenvalue weighted by molar-refractivity contribution is 14.1. The Morgan fingerprint density at radius 1 is 1.50 bits per heavy atom. The summed E-state index contributed by atoms with van der Waals surface area (Å²) in [5.41, 5.74) is 2.89. The maximum atomic E-state index is 5.90. The van der Waals surface area contributed by atoms with Crippen LogP contribution in [-0.4, -0.2) is 23.4 Å². The van der Waals surface area contributed by atoms with Crippen LogP contribution in [0.2, 0.25) is 0 Å². The predicted octanol–water partition coefficient (Wildman–Crippen LogP) is 3.30. The Hall–Kier alpha value is 0.390. The van der Waals surface area contributed by atoms with Crippen LogP contribution >= 0.6 is 22.6 Å². The summed E-state index contributed by atoms with van der Waals surface area (Å²) >= 11 is 2.31. The van der Waals surface area contributed by atoms with Gasteiger partial charge in [0.05, 0.1) is 10.5 Å². The minimum Gasteiger partial charge on any atom is -0.352 e. The zero-order chi connectivity index (χ0) is 10.6. The Bertz CT molecular complexity index is 213. The highest BCUT2D eigenvalue weighted by Crippen LogP contribution is 2.29. The quantitative estimate of drug-likeness (QED) is 0.336. The lowest BCUT2D eigenvalue weighted by Crippen LogP contribution is -2.25. The molecule has 0 spiro atoms. The first-order valence-electron chi connectivity index (χ1n) is 5.18. The monoisotopic (exact) mass is 310 g/mol. The highest BCUT2D eigenvalue weighted by atomic mass is 127. The van der Waals surface area contributed by atoms with Crippen LogP contribution in [0.4, 0.5) is 0 Å². The Morgan fingerprint density at radius 2 is 2.21 bits per heavy atom. The third-order valence-electron chi connectivity index (χ3n) is 2.73. The van der Waals surface area contributed by atoms with E-state index in [4.69, 9.17) is 9.47 Å². The van der Waals surface area contributed by atoms with Crippen molar-refractivity contribution in [3.63, 3.8) is 0 Å². The van der Waals surface area contributed by atoms with Crippen molar-refractivity contribution in [2.75, 3.05) is 11.0 Å². The number of rotatable bonds is 5. The molecule has 0 amide bonds. The van der Waals surface area contributed by atoms with Gasteiger partial charge in [-0.15, -0.1) is 0 Å². The molecule has 0 aromatic heterocycles. The van der Waals surface area contributed by atoms with E-state index in [0.717, 1.165) is 17.5 Å². The molecule has 2 unspecified atom stereocenters. The van der Waals surface area contributed by atoms with Crippen LogP contribution in [0.15, 0.2) is 11.1 Å². The third-order valence-corrected chi connectivity index (χ3v) is 3.45. The lowest BCUT2D eigenvalue weighted by molar-refractivity contribution is -0.142. The third kappa shape index (κ3) is 3.21. The molecule has 1 rings (SSSR count). The minimum absolute atomic E-state index is 0.0357. The molecule has 2 atom stereocenters. The van der Waals surface area contributed by atoms with Crippen LogP contribution in [0.1, 0.15) is 33.6 Å². The van der Waals surface area contributed by atoms with E-state index in [0.29, 0.717) is 6.10 Å². The van der Waals surface area contributed by atoms with E-state index in [1.165, 1.54) is 17.6 Å². The number of hydrogen-bond donors (Lipinski definition) is 0. The van der Waals surface area contributed by atoms with Gasteiger partial charge in [0.25, 0.3) is 0 Å². The molecule has 3 heteroatoms. The maximum Gasteiger partial charge on any atom is 0.167 e. The van der Waals surface area contributed by atoms with Crippen molar-refractivity contribution in [1.29, 1.82) is 0 Å². The summed E-state index contributed by atoms with van der Waals surface area (Å²) < 4.78 is 12.3. The number of hydrogen-bond acceptors (Lipinski definition) is 2. The molecule has 1 aliphatic rings. The van der Waals surface area contributed by atoms with Crippen molar-refractivity contribution in [2.24, 2.45) is 0 Å². The number of alkyl halides is 1. The van der Waals surface area contributed by atoms with Crippen molar-refractivity contribution in [3.8, 4) is 0 Å². The fraction of sp³-hybridized carbons (Fsp3) is 0.818. The summed E-state index contributed by atoms with van der Waals surface area (Å²) in [4.78, 5) is 0. The van der Waals surface area contributed by atoms with Gasteiger partial charge < -0.3 is 9.47 Å². The van der Waals surface area contributed by atoms with E-state index >= 15 is 0 Å². The second-order valence-corrected chi connectivity index (χ2v) is 4.55. The van der Waals surface area contributed by atoms with Crippen LogP contribution in [-0.2, 0) is 9.47 Å². The average molecular weight is 310 g/mol. The standard InChI is InChI=1S/C11H19IO2/c1-4-13-11(7-12)14-10-6-5-8(2)9(10)3/h10-11H,4-7H2,1-3H3. The summed E-state index contributed by atoms with van der Waals surface area (Å²) in [5.74, 6) is 0. The van der Waals surface area contributed by atoms with Crippen LogP contribution in [0.3, 0.4) is 0 Å². The average Bonchev–Trinajstić information content (AvgIpc) is 2.49. The molecule has 14 heavy (non-hydrogen) atoms.